The van der Waals surface area contributed by atoms with Gasteiger partial charge in [-0.25, -0.2) is 8.42 Å². The average molecular weight is 404 g/mol. The molecule has 0 bridgehead atoms. The number of piperidine rings is 1. The van der Waals surface area contributed by atoms with E-state index < -0.39 is 9.84 Å². The molecule has 2 aromatic carbocycles. The second-order valence-corrected chi connectivity index (χ2v) is 9.60. The Hall–Kier alpha value is -2.09. The summed E-state index contributed by atoms with van der Waals surface area (Å²) in [4.78, 5) is 2.66. The van der Waals surface area contributed by atoms with Crippen LogP contribution in [-0.4, -0.2) is 51.2 Å². The minimum Gasteiger partial charge on any atom is -0.454 e. The topological polar surface area (TPSA) is 76.1 Å². The van der Waals surface area contributed by atoms with Gasteiger partial charge in [0.1, 0.15) is 0 Å². The maximum absolute atomic E-state index is 11.8. The number of likely N-dealkylation sites (tertiary alicyclic amines) is 1. The summed E-state index contributed by atoms with van der Waals surface area (Å²) < 4.78 is 34.6. The Morgan fingerprint density at radius 2 is 1.86 bits per heavy atom. The zero-order valence-electron chi connectivity index (χ0n) is 15.9. The van der Waals surface area contributed by atoms with Gasteiger partial charge in [0.15, 0.2) is 21.3 Å². The van der Waals surface area contributed by atoms with Crippen molar-refractivity contribution >= 4 is 9.84 Å². The first-order valence-corrected chi connectivity index (χ1v) is 11.4. The molecule has 2 aliphatic heterocycles. The first kappa shape index (κ1) is 19.2. The second kappa shape index (κ2) is 7.73. The van der Waals surface area contributed by atoms with Crippen LogP contribution in [0.2, 0.25) is 0 Å². The van der Waals surface area contributed by atoms with Gasteiger partial charge in [0.05, 0.1) is 4.90 Å². The van der Waals surface area contributed by atoms with Crippen LogP contribution in [0.5, 0.6) is 11.5 Å². The monoisotopic (exact) mass is 403 g/mol. The normalized spacial score (nSPS) is 19.7. The van der Waals surface area contributed by atoms with E-state index in [4.69, 9.17) is 9.47 Å². The van der Waals surface area contributed by atoms with Crippen molar-refractivity contribution in [3.8, 4) is 22.6 Å². The van der Waals surface area contributed by atoms with Gasteiger partial charge >= 0.3 is 0 Å². The number of aliphatic hydroxyl groups is 1. The summed E-state index contributed by atoms with van der Waals surface area (Å²) in [5.74, 6) is 1.76. The fourth-order valence-corrected chi connectivity index (χ4v) is 4.58. The molecule has 0 saturated carbocycles. The van der Waals surface area contributed by atoms with Crippen LogP contribution in [0.3, 0.4) is 0 Å². The van der Waals surface area contributed by atoms with Crippen LogP contribution in [0.15, 0.2) is 41.3 Å². The summed E-state index contributed by atoms with van der Waals surface area (Å²) in [6.45, 7) is 3.05. The molecule has 1 fully saturated rings. The highest BCUT2D eigenvalue weighted by molar-refractivity contribution is 7.90. The molecule has 0 amide bonds. The van der Waals surface area contributed by atoms with Gasteiger partial charge in [-0.2, -0.15) is 0 Å². The van der Waals surface area contributed by atoms with E-state index in [1.807, 2.05) is 24.3 Å². The van der Waals surface area contributed by atoms with Gasteiger partial charge in [0, 0.05) is 26.0 Å². The van der Waals surface area contributed by atoms with Crippen molar-refractivity contribution < 1.29 is 23.0 Å². The fourth-order valence-electron chi connectivity index (χ4n) is 3.95. The van der Waals surface area contributed by atoms with Crippen molar-refractivity contribution in [2.75, 3.05) is 32.7 Å². The number of hydrogen-bond acceptors (Lipinski definition) is 6. The van der Waals surface area contributed by atoms with E-state index in [9.17, 15) is 13.5 Å². The molecule has 0 aromatic heterocycles. The minimum absolute atomic E-state index is 0.210. The van der Waals surface area contributed by atoms with E-state index >= 15 is 0 Å². The summed E-state index contributed by atoms with van der Waals surface area (Å²) >= 11 is 0. The third-order valence-corrected chi connectivity index (χ3v) is 6.58. The lowest BCUT2D eigenvalue weighted by molar-refractivity contribution is 0.116. The second-order valence-electron chi connectivity index (χ2n) is 7.59. The number of aliphatic hydroxyl groups excluding tert-OH is 1. The Balaban J connectivity index is 1.68. The van der Waals surface area contributed by atoms with Crippen molar-refractivity contribution in [2.45, 2.75) is 24.3 Å². The molecule has 1 saturated heterocycles. The lowest BCUT2D eigenvalue weighted by Gasteiger charge is -2.32. The van der Waals surface area contributed by atoms with E-state index in [0.29, 0.717) is 16.6 Å². The molecule has 0 spiro atoms. The van der Waals surface area contributed by atoms with E-state index in [1.54, 1.807) is 12.1 Å². The Kier molecular flexibility index (Phi) is 5.31. The van der Waals surface area contributed by atoms with Gasteiger partial charge in [-0.05, 0) is 66.3 Å². The third-order valence-electron chi connectivity index (χ3n) is 5.45. The van der Waals surface area contributed by atoms with Gasteiger partial charge in [0.25, 0.3) is 0 Å². The summed E-state index contributed by atoms with van der Waals surface area (Å²) in [6.07, 6.45) is 3.35. The Morgan fingerprint density at radius 3 is 2.54 bits per heavy atom. The molecule has 1 unspecified atom stereocenters. The van der Waals surface area contributed by atoms with E-state index in [1.165, 1.54) is 6.26 Å². The molecule has 2 aliphatic rings. The first-order valence-electron chi connectivity index (χ1n) is 9.50. The van der Waals surface area contributed by atoms with Crippen LogP contribution >= 0.6 is 0 Å². The maximum Gasteiger partial charge on any atom is 0.231 e. The number of sulfone groups is 1. The first-order chi connectivity index (χ1) is 13.4. The molecule has 7 heteroatoms. The van der Waals surface area contributed by atoms with Crippen LogP contribution in [0.4, 0.5) is 0 Å². The van der Waals surface area contributed by atoms with Gasteiger partial charge in [-0.1, -0.05) is 12.1 Å². The zero-order valence-corrected chi connectivity index (χ0v) is 16.7. The standard InChI is InChI=1S/C21H25NO5S/c1-28(24,25)18-6-4-16(5-7-18)19-10-21-20(26-14-27-21)9-17(19)12-22-8-2-3-15(11-22)13-23/h4-7,9-10,15,23H,2-3,8,11-14H2,1H3. The van der Waals surface area contributed by atoms with E-state index in [2.05, 4.69) is 4.90 Å². The van der Waals surface area contributed by atoms with Crippen LogP contribution in [0.25, 0.3) is 11.1 Å². The van der Waals surface area contributed by atoms with E-state index in [0.717, 1.165) is 54.9 Å². The number of fused-ring (bicyclic) bond motifs is 1. The summed E-state index contributed by atoms with van der Waals surface area (Å²) in [5, 5.41) is 9.51. The molecule has 150 valence electrons. The predicted molar refractivity (Wildman–Crippen MR) is 106 cm³/mol. The highest BCUT2D eigenvalue weighted by Gasteiger charge is 2.23. The van der Waals surface area contributed by atoms with Gasteiger partial charge in [0.2, 0.25) is 6.79 Å². The molecule has 4 rings (SSSR count). The SMILES string of the molecule is CS(=O)(=O)c1ccc(-c2cc3c(cc2CN2CCCC(CO)C2)OCO3)cc1. The molecule has 2 aromatic rings. The number of benzene rings is 2. The van der Waals surface area contributed by atoms with Gasteiger partial charge in [-0.15, -0.1) is 0 Å². The lowest BCUT2D eigenvalue weighted by atomic mass is 9.95. The summed E-state index contributed by atoms with van der Waals surface area (Å²) in [6, 6.07) is 10.9. The van der Waals surface area contributed by atoms with Crippen LogP contribution < -0.4 is 9.47 Å². The number of hydrogen-bond donors (Lipinski definition) is 1. The van der Waals surface area contributed by atoms with Gasteiger partial charge in [-0.3, -0.25) is 4.90 Å². The van der Waals surface area contributed by atoms with Crippen molar-refractivity contribution in [2.24, 2.45) is 5.92 Å². The van der Waals surface area contributed by atoms with Gasteiger partial charge < -0.3 is 14.6 Å². The molecule has 1 atom stereocenters. The summed E-state index contributed by atoms with van der Waals surface area (Å²) in [5.41, 5.74) is 3.06. The highest BCUT2D eigenvalue weighted by atomic mass is 32.2. The quantitative estimate of drug-likeness (QED) is 0.827. The van der Waals surface area contributed by atoms with Crippen molar-refractivity contribution in [1.29, 1.82) is 0 Å². The van der Waals surface area contributed by atoms with Crippen molar-refractivity contribution in [3.63, 3.8) is 0 Å². The minimum atomic E-state index is -3.23. The largest absolute Gasteiger partial charge is 0.454 e. The molecule has 0 aliphatic carbocycles. The number of nitrogens with zero attached hydrogens (tertiary/aromatic N) is 1. The fraction of sp³-hybridized carbons (Fsp3) is 0.429. The number of ether oxygens (including phenoxy) is 2. The molecule has 1 N–H and O–H groups in total. The smallest absolute Gasteiger partial charge is 0.231 e. The van der Waals surface area contributed by atoms with Crippen LogP contribution in [0, 0.1) is 5.92 Å². The molecular weight excluding hydrogens is 378 g/mol. The summed E-state index contributed by atoms with van der Waals surface area (Å²) in [7, 11) is -3.23. The maximum atomic E-state index is 11.8. The molecule has 6 nitrogen and oxygen atoms in total. The molecule has 2 heterocycles. The highest BCUT2D eigenvalue weighted by Crippen LogP contribution is 2.39. The Bertz CT molecular complexity index is 956. The lowest BCUT2D eigenvalue weighted by Crippen LogP contribution is -2.36. The molecule has 0 radical (unpaired) electrons. The van der Waals surface area contributed by atoms with Crippen molar-refractivity contribution in [3.05, 3.63) is 42.0 Å². The van der Waals surface area contributed by atoms with Crippen molar-refractivity contribution in [1.82, 2.24) is 4.90 Å². The molecule has 28 heavy (non-hydrogen) atoms. The van der Waals surface area contributed by atoms with E-state index in [-0.39, 0.29) is 13.4 Å². The predicted octanol–water partition coefficient (Wildman–Crippen LogP) is 2.69. The molecular formula is C21H25NO5S. The third kappa shape index (κ3) is 4.01. The number of rotatable bonds is 5. The Labute approximate surface area is 165 Å². The zero-order chi connectivity index (χ0) is 19.7. The van der Waals surface area contributed by atoms with Crippen LogP contribution in [-0.2, 0) is 16.4 Å². The van der Waals surface area contributed by atoms with Crippen LogP contribution in [0.1, 0.15) is 18.4 Å². The Morgan fingerprint density at radius 1 is 1.14 bits per heavy atom. The average Bonchev–Trinajstić information content (AvgIpc) is 3.14.